The highest BCUT2D eigenvalue weighted by atomic mass is 127. The van der Waals surface area contributed by atoms with E-state index >= 15 is 0 Å². The molecule has 2 rings (SSSR count). The maximum atomic E-state index is 2.41. The molecule has 1 saturated heterocycles. The smallest absolute Gasteiger partial charge is 0.113 e. The first-order valence-corrected chi connectivity index (χ1v) is 6.38. The molecule has 1 aliphatic rings. The van der Waals surface area contributed by atoms with Gasteiger partial charge in [0.05, 0.1) is 25.0 Å². The van der Waals surface area contributed by atoms with Gasteiger partial charge in [-0.3, -0.25) is 0 Å². The molecule has 1 fully saturated rings. The number of nitrogens with zero attached hydrogens (tertiary/aromatic N) is 1. The largest absolute Gasteiger partial charge is 1.00 e. The van der Waals surface area contributed by atoms with E-state index in [4.69, 9.17) is 0 Å². The first-order valence-electron chi connectivity index (χ1n) is 5.57. The van der Waals surface area contributed by atoms with Crippen LogP contribution in [0.4, 0.5) is 0 Å². The Hall–Kier alpha value is 0.390. The summed E-state index contributed by atoms with van der Waals surface area (Å²) < 4.78 is 1.26. The molecular weight excluding hydrogens is 317 g/mol. The Morgan fingerprint density at radius 1 is 1.20 bits per heavy atom. The lowest BCUT2D eigenvalue weighted by molar-refractivity contribution is -0.926. The fraction of sp³-hybridized carbons (Fsp3) is 0.667. The molecule has 1 aliphatic heterocycles. The molecule has 0 amide bonds. The fourth-order valence-electron chi connectivity index (χ4n) is 2.38. The molecule has 0 unspecified atom stereocenters. The number of thiophene rings is 1. The predicted molar refractivity (Wildman–Crippen MR) is 62.5 cm³/mol. The van der Waals surface area contributed by atoms with Crippen LogP contribution in [0.15, 0.2) is 12.1 Å². The standard InChI is InChI=1S/C12H20NS.HI/c1-11-6-7-12(14-11)10-13(2)8-4-3-5-9-13;/h6-7H,3-5,8-10H2,1-2H3;1H/q+1;/p-1. The SMILES string of the molecule is Cc1ccc(C[N+]2(C)CCCCC2)s1.[I-]. The Kier molecular flexibility index (Phi) is 5.06. The third-order valence-corrected chi connectivity index (χ3v) is 4.21. The molecule has 15 heavy (non-hydrogen) atoms. The van der Waals surface area contributed by atoms with Gasteiger partial charge in [0.25, 0.3) is 0 Å². The Bertz CT molecular complexity index is 302. The zero-order valence-electron chi connectivity index (χ0n) is 9.63. The van der Waals surface area contributed by atoms with E-state index in [1.54, 1.807) is 4.88 Å². The van der Waals surface area contributed by atoms with Crippen molar-refractivity contribution in [1.82, 2.24) is 0 Å². The van der Waals surface area contributed by atoms with Gasteiger partial charge in [0.1, 0.15) is 6.54 Å². The van der Waals surface area contributed by atoms with Crippen molar-refractivity contribution >= 4 is 11.3 Å². The summed E-state index contributed by atoms with van der Waals surface area (Å²) in [4.78, 5) is 3.01. The quantitative estimate of drug-likeness (QED) is 0.534. The number of quaternary nitrogens is 1. The average Bonchev–Trinajstić information content (AvgIpc) is 2.51. The van der Waals surface area contributed by atoms with Crippen molar-refractivity contribution in [3.63, 3.8) is 0 Å². The third-order valence-electron chi connectivity index (χ3n) is 3.23. The Balaban J connectivity index is 0.00000112. The molecule has 0 spiro atoms. The molecular formula is C12H20INS. The Morgan fingerprint density at radius 2 is 1.87 bits per heavy atom. The van der Waals surface area contributed by atoms with E-state index in [2.05, 4.69) is 26.1 Å². The lowest BCUT2D eigenvalue weighted by Gasteiger charge is -2.37. The monoisotopic (exact) mass is 337 g/mol. The Labute approximate surface area is 114 Å². The van der Waals surface area contributed by atoms with E-state index in [1.165, 1.54) is 48.3 Å². The first-order chi connectivity index (χ1) is 6.68. The lowest BCUT2D eigenvalue weighted by atomic mass is 10.1. The third kappa shape index (κ3) is 3.71. The Morgan fingerprint density at radius 3 is 2.40 bits per heavy atom. The minimum absolute atomic E-state index is 0. The summed E-state index contributed by atoms with van der Waals surface area (Å²) in [6.45, 7) is 6.19. The van der Waals surface area contributed by atoms with Crippen LogP contribution in [0.1, 0.15) is 29.0 Å². The second-order valence-electron chi connectivity index (χ2n) is 4.80. The lowest BCUT2D eigenvalue weighted by Crippen LogP contribution is -3.00. The second kappa shape index (κ2) is 5.64. The molecule has 0 bridgehead atoms. The van der Waals surface area contributed by atoms with E-state index in [1.807, 2.05) is 11.3 Å². The summed E-state index contributed by atoms with van der Waals surface area (Å²) in [6, 6.07) is 4.55. The van der Waals surface area contributed by atoms with E-state index in [0.29, 0.717) is 0 Å². The summed E-state index contributed by atoms with van der Waals surface area (Å²) in [5.41, 5.74) is 0. The van der Waals surface area contributed by atoms with Crippen molar-refractivity contribution < 1.29 is 28.5 Å². The topological polar surface area (TPSA) is 0 Å². The number of hydrogen-bond acceptors (Lipinski definition) is 1. The van der Waals surface area contributed by atoms with Crippen molar-refractivity contribution in [3.05, 3.63) is 21.9 Å². The van der Waals surface area contributed by atoms with Crippen LogP contribution in [0.25, 0.3) is 0 Å². The number of rotatable bonds is 2. The van der Waals surface area contributed by atoms with Crippen LogP contribution in [-0.4, -0.2) is 24.6 Å². The average molecular weight is 337 g/mol. The number of likely N-dealkylation sites (tertiary alicyclic amines) is 1. The van der Waals surface area contributed by atoms with Gasteiger partial charge in [-0.05, 0) is 38.3 Å². The molecule has 0 aromatic carbocycles. The predicted octanol–water partition coefficient (Wildman–Crippen LogP) is 0.191. The molecule has 0 radical (unpaired) electrons. The second-order valence-corrected chi connectivity index (χ2v) is 6.17. The van der Waals surface area contributed by atoms with Crippen LogP contribution in [0.5, 0.6) is 0 Å². The van der Waals surface area contributed by atoms with Gasteiger partial charge >= 0.3 is 0 Å². The summed E-state index contributed by atoms with van der Waals surface area (Å²) >= 11 is 1.96. The van der Waals surface area contributed by atoms with Gasteiger partial charge in [-0.15, -0.1) is 11.3 Å². The molecule has 3 heteroatoms. The van der Waals surface area contributed by atoms with Crippen LogP contribution < -0.4 is 24.0 Å². The van der Waals surface area contributed by atoms with Crippen molar-refractivity contribution in [3.8, 4) is 0 Å². The zero-order chi connectivity index (χ0) is 10.0. The molecule has 1 aromatic rings. The highest BCUT2D eigenvalue weighted by Gasteiger charge is 2.25. The maximum absolute atomic E-state index is 2.41. The van der Waals surface area contributed by atoms with Crippen LogP contribution in [0.2, 0.25) is 0 Å². The van der Waals surface area contributed by atoms with Crippen LogP contribution in [-0.2, 0) is 6.54 Å². The van der Waals surface area contributed by atoms with Gasteiger partial charge in [-0.25, -0.2) is 0 Å². The normalized spacial score (nSPS) is 19.6. The van der Waals surface area contributed by atoms with Crippen LogP contribution >= 0.6 is 11.3 Å². The number of halogens is 1. The first kappa shape index (κ1) is 13.5. The van der Waals surface area contributed by atoms with Gasteiger partial charge in [0, 0.05) is 4.88 Å². The van der Waals surface area contributed by atoms with Crippen molar-refractivity contribution in [1.29, 1.82) is 0 Å². The van der Waals surface area contributed by atoms with Crippen molar-refractivity contribution in [2.75, 3.05) is 20.1 Å². The molecule has 0 saturated carbocycles. The molecule has 2 heterocycles. The number of piperidine rings is 1. The minimum atomic E-state index is 0. The highest BCUT2D eigenvalue weighted by molar-refractivity contribution is 7.11. The molecule has 0 N–H and O–H groups in total. The fourth-order valence-corrected chi connectivity index (χ4v) is 3.44. The zero-order valence-corrected chi connectivity index (χ0v) is 12.6. The van der Waals surface area contributed by atoms with E-state index in [0.717, 1.165) is 0 Å². The molecule has 86 valence electrons. The number of hydrogen-bond donors (Lipinski definition) is 0. The van der Waals surface area contributed by atoms with Gasteiger partial charge in [-0.2, -0.15) is 0 Å². The highest BCUT2D eigenvalue weighted by Crippen LogP contribution is 2.24. The summed E-state index contributed by atoms with van der Waals surface area (Å²) in [5, 5.41) is 0. The molecule has 0 atom stereocenters. The van der Waals surface area contributed by atoms with Crippen LogP contribution in [0, 0.1) is 6.92 Å². The van der Waals surface area contributed by atoms with Crippen LogP contribution in [0.3, 0.4) is 0 Å². The van der Waals surface area contributed by atoms with Gasteiger partial charge in [-0.1, -0.05) is 0 Å². The maximum Gasteiger partial charge on any atom is 0.113 e. The number of aryl methyl sites for hydroxylation is 1. The van der Waals surface area contributed by atoms with Gasteiger partial charge in [0.15, 0.2) is 0 Å². The summed E-state index contributed by atoms with van der Waals surface area (Å²) in [5.74, 6) is 0. The van der Waals surface area contributed by atoms with E-state index in [-0.39, 0.29) is 24.0 Å². The molecule has 1 aromatic heterocycles. The van der Waals surface area contributed by atoms with Crippen molar-refractivity contribution in [2.24, 2.45) is 0 Å². The summed E-state index contributed by atoms with van der Waals surface area (Å²) in [6.07, 6.45) is 4.28. The minimum Gasteiger partial charge on any atom is -1.00 e. The van der Waals surface area contributed by atoms with E-state index in [9.17, 15) is 0 Å². The van der Waals surface area contributed by atoms with Gasteiger partial charge in [0.2, 0.25) is 0 Å². The van der Waals surface area contributed by atoms with Crippen molar-refractivity contribution in [2.45, 2.75) is 32.7 Å². The van der Waals surface area contributed by atoms with Gasteiger partial charge < -0.3 is 28.5 Å². The molecule has 0 aliphatic carbocycles. The molecule has 1 nitrogen and oxygen atoms in total. The summed E-state index contributed by atoms with van der Waals surface area (Å²) in [7, 11) is 2.41. The van der Waals surface area contributed by atoms with E-state index < -0.39 is 0 Å².